The Labute approximate surface area is 174 Å². The summed E-state index contributed by atoms with van der Waals surface area (Å²) in [4.78, 5) is 23.1. The average Bonchev–Trinajstić information content (AvgIpc) is 2.63. The first kappa shape index (κ1) is 21.2. The molecule has 0 bridgehead atoms. The Morgan fingerprint density at radius 2 is 1.48 bits per heavy atom. The van der Waals surface area contributed by atoms with E-state index < -0.39 is 0 Å². The molecular formula is C20H12O3W2-2. The fourth-order valence-corrected chi connectivity index (χ4v) is 2.14. The van der Waals surface area contributed by atoms with Crippen LogP contribution in [0.3, 0.4) is 0 Å². The molecule has 0 aliphatic heterocycles. The quantitative estimate of drug-likeness (QED) is 0.306. The van der Waals surface area contributed by atoms with Gasteiger partial charge in [-0.1, -0.05) is 6.07 Å². The van der Waals surface area contributed by atoms with Crippen LogP contribution in [0.1, 0.15) is 21.5 Å². The van der Waals surface area contributed by atoms with Gasteiger partial charge >= 0.3 is 0 Å². The van der Waals surface area contributed by atoms with Gasteiger partial charge in [0.15, 0.2) is 5.78 Å². The third-order valence-electron chi connectivity index (χ3n) is 3.28. The molecule has 0 atom stereocenters. The number of carbonyl (C=O) groups excluding carboxylic acids is 2. The van der Waals surface area contributed by atoms with Crippen LogP contribution in [0.2, 0.25) is 0 Å². The first-order chi connectivity index (χ1) is 11.3. The molecule has 0 amide bonds. The predicted molar refractivity (Wildman–Crippen MR) is 86.5 cm³/mol. The van der Waals surface area contributed by atoms with Crippen LogP contribution in [0.5, 0.6) is 11.5 Å². The van der Waals surface area contributed by atoms with Crippen LogP contribution in [0, 0.1) is 6.07 Å². The summed E-state index contributed by atoms with van der Waals surface area (Å²) in [6.45, 7) is 0. The van der Waals surface area contributed by atoms with E-state index in [1.165, 1.54) is 6.07 Å². The predicted octanol–water partition coefficient (Wildman–Crippen LogP) is 3.96. The van der Waals surface area contributed by atoms with E-state index in [4.69, 9.17) is 4.74 Å². The van der Waals surface area contributed by atoms with Crippen LogP contribution >= 0.6 is 0 Å². The van der Waals surface area contributed by atoms with E-state index in [1.54, 1.807) is 73.0 Å². The molecule has 25 heavy (non-hydrogen) atoms. The number of hydrogen-bond donors (Lipinski definition) is 0. The van der Waals surface area contributed by atoms with E-state index in [9.17, 15) is 9.59 Å². The molecule has 0 aliphatic rings. The summed E-state index contributed by atoms with van der Waals surface area (Å²) in [7, 11) is 0. The molecule has 0 radical (unpaired) electrons. The van der Waals surface area contributed by atoms with Crippen molar-refractivity contribution in [2.75, 3.05) is 0 Å². The van der Waals surface area contributed by atoms with Crippen molar-refractivity contribution >= 4 is 12.1 Å². The molecule has 0 N–H and O–H groups in total. The Kier molecular flexibility index (Phi) is 8.68. The van der Waals surface area contributed by atoms with E-state index >= 15 is 0 Å². The Hall–Kier alpha value is -1.82. The minimum absolute atomic E-state index is 0. The summed E-state index contributed by atoms with van der Waals surface area (Å²) < 4.78 is 5.67. The van der Waals surface area contributed by atoms with Crippen molar-refractivity contribution in [3.05, 3.63) is 95.6 Å². The van der Waals surface area contributed by atoms with Crippen LogP contribution in [0.15, 0.2) is 72.8 Å². The number of carbonyl (C=O) groups is 1. The fraction of sp³-hybridized carbons (Fsp3) is 0. The smallest absolute Gasteiger partial charge is 0.180 e. The van der Waals surface area contributed by atoms with Gasteiger partial charge in [0.1, 0.15) is 5.75 Å². The average molecular weight is 668 g/mol. The normalized spacial score (nSPS) is 9.28. The van der Waals surface area contributed by atoms with Crippen molar-refractivity contribution < 1.29 is 56.5 Å². The topological polar surface area (TPSA) is 43.4 Å². The molecule has 5 heteroatoms. The molecule has 0 spiro atoms. The van der Waals surface area contributed by atoms with Gasteiger partial charge in [0.2, 0.25) is 0 Å². The molecule has 124 valence electrons. The molecule has 3 aromatic rings. The van der Waals surface area contributed by atoms with Gasteiger partial charge in [-0.15, -0.1) is 24.3 Å². The summed E-state index contributed by atoms with van der Waals surface area (Å²) in [5.41, 5.74) is 1.34. The maximum Gasteiger partial charge on any atom is 0.180 e. The van der Waals surface area contributed by atoms with Gasteiger partial charge in [-0.05, 0) is 29.8 Å². The number of rotatable bonds is 5. The Morgan fingerprint density at radius 1 is 0.840 bits per heavy atom. The zero-order valence-corrected chi connectivity index (χ0v) is 18.8. The first-order valence-corrected chi connectivity index (χ1v) is 7.03. The SMILES string of the molecule is O=[C-]c1cccc(C(=O)c2ccc(Oc3cc[c-]cc3)cc2)c1.[W].[W]. The third-order valence-corrected chi connectivity index (χ3v) is 3.28. The number of hydrogen-bond acceptors (Lipinski definition) is 3. The summed E-state index contributed by atoms with van der Waals surface area (Å²) in [6, 6.07) is 23.4. The van der Waals surface area contributed by atoms with Gasteiger partial charge in [-0.2, -0.15) is 29.8 Å². The molecule has 3 aromatic carbocycles. The van der Waals surface area contributed by atoms with Crippen molar-refractivity contribution in [1.82, 2.24) is 0 Å². The summed E-state index contributed by atoms with van der Waals surface area (Å²) in [5.74, 6) is 1.20. The van der Waals surface area contributed by atoms with Crippen LogP contribution in [-0.2, 0) is 46.9 Å². The minimum Gasteiger partial charge on any atom is -0.483 e. The maximum atomic E-state index is 12.4. The largest absolute Gasteiger partial charge is 0.483 e. The van der Waals surface area contributed by atoms with E-state index in [-0.39, 0.29) is 47.9 Å². The third kappa shape index (κ3) is 5.59. The van der Waals surface area contributed by atoms with E-state index in [0.717, 1.165) is 0 Å². The van der Waals surface area contributed by atoms with Gasteiger partial charge in [0, 0.05) is 53.4 Å². The Bertz CT molecular complexity index is 831. The number of benzene rings is 3. The molecule has 0 heterocycles. The Morgan fingerprint density at radius 3 is 2.12 bits per heavy atom. The van der Waals surface area contributed by atoms with Crippen molar-refractivity contribution in [1.29, 1.82) is 0 Å². The maximum absolute atomic E-state index is 12.4. The molecule has 3 nitrogen and oxygen atoms in total. The molecule has 0 saturated heterocycles. The zero-order valence-electron chi connectivity index (χ0n) is 13.0. The van der Waals surface area contributed by atoms with Crippen molar-refractivity contribution in [3.63, 3.8) is 0 Å². The molecule has 3 rings (SSSR count). The van der Waals surface area contributed by atoms with Crippen LogP contribution < -0.4 is 4.74 Å². The molecule has 0 fully saturated rings. The van der Waals surface area contributed by atoms with Gasteiger partial charge in [0.05, 0.1) is 6.29 Å². The Balaban J connectivity index is 0.00000156. The second-order valence-corrected chi connectivity index (χ2v) is 4.87. The molecular weight excluding hydrogens is 656 g/mol. The standard InChI is InChI=1S/C20H12O3.2W/c21-14-15-5-4-6-17(13-15)20(22)16-9-11-19(12-10-16)23-18-7-2-1-3-8-18;;/h2-13H;;/q-2;;. The zero-order chi connectivity index (χ0) is 16.1. The van der Waals surface area contributed by atoms with Crippen molar-refractivity contribution in [2.24, 2.45) is 0 Å². The monoisotopic (exact) mass is 668 g/mol. The molecule has 0 unspecified atom stereocenters. The summed E-state index contributed by atoms with van der Waals surface area (Å²) in [6.07, 6.45) is 1.79. The summed E-state index contributed by atoms with van der Waals surface area (Å²) >= 11 is 0. The molecule has 0 saturated carbocycles. The molecule has 0 aromatic heterocycles. The first-order valence-electron chi connectivity index (χ1n) is 7.03. The van der Waals surface area contributed by atoms with E-state index in [2.05, 4.69) is 6.07 Å². The van der Waals surface area contributed by atoms with Crippen LogP contribution in [0.25, 0.3) is 0 Å². The number of ketones is 1. The minimum atomic E-state index is -0.150. The van der Waals surface area contributed by atoms with E-state index in [1.807, 2.05) is 0 Å². The van der Waals surface area contributed by atoms with Gasteiger partial charge < -0.3 is 9.53 Å². The van der Waals surface area contributed by atoms with Crippen molar-refractivity contribution in [3.8, 4) is 11.5 Å². The van der Waals surface area contributed by atoms with Gasteiger partial charge in [0.25, 0.3) is 0 Å². The van der Waals surface area contributed by atoms with E-state index in [0.29, 0.717) is 28.2 Å². The second kappa shape index (κ2) is 10.2. The second-order valence-electron chi connectivity index (χ2n) is 4.87. The van der Waals surface area contributed by atoms with Crippen molar-refractivity contribution in [2.45, 2.75) is 0 Å². The molecule has 0 aliphatic carbocycles. The number of ether oxygens (including phenoxy) is 1. The summed E-state index contributed by atoms with van der Waals surface area (Å²) in [5, 5.41) is 0. The van der Waals surface area contributed by atoms with Gasteiger partial charge in [-0.3, -0.25) is 4.79 Å². The van der Waals surface area contributed by atoms with Crippen LogP contribution in [-0.4, -0.2) is 12.1 Å². The van der Waals surface area contributed by atoms with Gasteiger partial charge in [-0.25, -0.2) is 0 Å². The van der Waals surface area contributed by atoms with Crippen LogP contribution in [0.4, 0.5) is 0 Å². The fourth-order valence-electron chi connectivity index (χ4n) is 2.14.